The molecule has 1 atom stereocenters. The lowest BCUT2D eigenvalue weighted by Gasteiger charge is -2.14. The van der Waals surface area contributed by atoms with Crippen molar-refractivity contribution in [1.29, 1.82) is 0 Å². The first kappa shape index (κ1) is 14.5. The van der Waals surface area contributed by atoms with E-state index in [0.717, 1.165) is 9.88 Å². The molecule has 1 saturated heterocycles. The molecule has 21 heavy (non-hydrogen) atoms. The van der Waals surface area contributed by atoms with Crippen LogP contribution in [0.3, 0.4) is 0 Å². The summed E-state index contributed by atoms with van der Waals surface area (Å²) in [4.78, 5) is 31.0. The van der Waals surface area contributed by atoms with Crippen molar-refractivity contribution in [2.24, 2.45) is 11.7 Å². The number of thiophene rings is 1. The molecule has 2 aromatic heterocycles. The Labute approximate surface area is 134 Å². The van der Waals surface area contributed by atoms with Crippen LogP contribution in [0.2, 0.25) is 4.34 Å². The van der Waals surface area contributed by atoms with Crippen molar-refractivity contribution in [3.05, 3.63) is 27.5 Å². The number of carbonyl (C=O) groups is 2. The first-order chi connectivity index (χ1) is 10.0. The summed E-state index contributed by atoms with van der Waals surface area (Å²) in [5, 5.41) is 0.779. The van der Waals surface area contributed by atoms with Gasteiger partial charge in [-0.05, 0) is 18.6 Å². The van der Waals surface area contributed by atoms with Gasteiger partial charge in [0, 0.05) is 13.1 Å². The monoisotopic (exact) mass is 341 g/mol. The van der Waals surface area contributed by atoms with E-state index in [1.54, 1.807) is 11.1 Å². The molecule has 0 aromatic carbocycles. The van der Waals surface area contributed by atoms with Crippen molar-refractivity contribution in [2.45, 2.75) is 6.42 Å². The van der Waals surface area contributed by atoms with Crippen LogP contribution in [0.1, 0.15) is 16.1 Å². The summed E-state index contributed by atoms with van der Waals surface area (Å²) < 4.78 is 0.692. The van der Waals surface area contributed by atoms with E-state index >= 15 is 0 Å². The Morgan fingerprint density at radius 2 is 2.19 bits per heavy atom. The van der Waals surface area contributed by atoms with E-state index in [1.165, 1.54) is 22.7 Å². The number of primary amides is 1. The number of nitrogens with two attached hydrogens (primary N) is 1. The highest BCUT2D eigenvalue weighted by Gasteiger charge is 2.31. The van der Waals surface area contributed by atoms with Gasteiger partial charge in [-0.3, -0.25) is 9.59 Å². The van der Waals surface area contributed by atoms with E-state index in [-0.39, 0.29) is 17.7 Å². The summed E-state index contributed by atoms with van der Waals surface area (Å²) in [5.74, 6) is -0.675. The lowest BCUT2D eigenvalue weighted by molar-refractivity contribution is -0.121. The normalized spacial score (nSPS) is 18.1. The predicted octanol–water partition coefficient (Wildman–Crippen LogP) is 2.47. The highest BCUT2D eigenvalue weighted by molar-refractivity contribution is 7.24. The molecule has 8 heteroatoms. The molecule has 2 aromatic rings. The van der Waals surface area contributed by atoms with Gasteiger partial charge in [-0.1, -0.05) is 11.6 Å². The van der Waals surface area contributed by atoms with Crippen LogP contribution in [-0.2, 0) is 4.79 Å². The van der Waals surface area contributed by atoms with Crippen molar-refractivity contribution in [1.82, 2.24) is 9.88 Å². The summed E-state index contributed by atoms with van der Waals surface area (Å²) >= 11 is 8.67. The molecule has 0 aliphatic carbocycles. The van der Waals surface area contributed by atoms with Gasteiger partial charge in [0.05, 0.1) is 21.3 Å². The molecule has 1 aliphatic heterocycles. The van der Waals surface area contributed by atoms with Crippen molar-refractivity contribution in [3.8, 4) is 9.88 Å². The van der Waals surface area contributed by atoms with Gasteiger partial charge in [-0.15, -0.1) is 22.7 Å². The Hall–Kier alpha value is -1.44. The van der Waals surface area contributed by atoms with E-state index in [2.05, 4.69) is 4.98 Å². The van der Waals surface area contributed by atoms with Gasteiger partial charge in [-0.25, -0.2) is 4.98 Å². The molecule has 3 rings (SSSR count). The molecule has 2 amide bonds. The number of thiazole rings is 1. The fraction of sp³-hybridized carbons (Fsp3) is 0.308. The van der Waals surface area contributed by atoms with Gasteiger partial charge in [0.15, 0.2) is 0 Å². The molecular formula is C13H12ClN3O2S2. The van der Waals surface area contributed by atoms with Crippen molar-refractivity contribution in [2.75, 3.05) is 13.1 Å². The lowest BCUT2D eigenvalue weighted by atomic mass is 10.1. The topological polar surface area (TPSA) is 76.3 Å². The smallest absolute Gasteiger partial charge is 0.265 e. The lowest BCUT2D eigenvalue weighted by Crippen LogP contribution is -2.31. The third kappa shape index (κ3) is 2.95. The average Bonchev–Trinajstić information content (AvgIpc) is 3.17. The maximum atomic E-state index is 12.4. The molecule has 0 bridgehead atoms. The van der Waals surface area contributed by atoms with Gasteiger partial charge in [0.25, 0.3) is 5.91 Å². The van der Waals surface area contributed by atoms with Crippen molar-refractivity contribution in [3.63, 3.8) is 0 Å². The summed E-state index contributed by atoms with van der Waals surface area (Å²) in [6.07, 6.45) is 2.21. The van der Waals surface area contributed by atoms with Crippen LogP contribution in [0.25, 0.3) is 9.88 Å². The van der Waals surface area contributed by atoms with Crippen LogP contribution in [-0.4, -0.2) is 34.8 Å². The quantitative estimate of drug-likeness (QED) is 0.931. The molecule has 5 nitrogen and oxygen atoms in total. The van der Waals surface area contributed by atoms with E-state index in [9.17, 15) is 9.59 Å². The molecular weight excluding hydrogens is 330 g/mol. The zero-order valence-electron chi connectivity index (χ0n) is 10.9. The van der Waals surface area contributed by atoms with E-state index in [4.69, 9.17) is 17.3 Å². The van der Waals surface area contributed by atoms with Gasteiger partial charge in [-0.2, -0.15) is 0 Å². The van der Waals surface area contributed by atoms with Crippen molar-refractivity contribution >= 4 is 46.1 Å². The van der Waals surface area contributed by atoms with Gasteiger partial charge < -0.3 is 10.6 Å². The van der Waals surface area contributed by atoms with Gasteiger partial charge in [0.2, 0.25) is 5.91 Å². The predicted molar refractivity (Wildman–Crippen MR) is 83.6 cm³/mol. The Kier molecular flexibility index (Phi) is 3.97. The van der Waals surface area contributed by atoms with Gasteiger partial charge >= 0.3 is 0 Å². The summed E-state index contributed by atoms with van der Waals surface area (Å²) in [6.45, 7) is 0.955. The number of halogens is 1. The standard InChI is InChI=1S/C13H12ClN3O2S2/c14-10-2-1-8(20-10)12-16-5-9(21-12)13(19)17-4-3-7(6-17)11(15)18/h1-2,5,7H,3-4,6H2,(H2,15,18)/t7-/m1/s1. The highest BCUT2D eigenvalue weighted by Crippen LogP contribution is 2.34. The number of aromatic nitrogens is 1. The molecule has 2 N–H and O–H groups in total. The van der Waals surface area contributed by atoms with Crippen LogP contribution >= 0.6 is 34.3 Å². The van der Waals surface area contributed by atoms with Crippen LogP contribution in [0.4, 0.5) is 0 Å². The Morgan fingerprint density at radius 1 is 1.38 bits per heavy atom. The SMILES string of the molecule is NC(=O)[C@@H]1CCN(C(=O)c2cnc(-c3ccc(Cl)s3)s2)C1. The summed E-state index contributed by atoms with van der Waals surface area (Å²) in [6, 6.07) is 3.70. The molecule has 1 aliphatic rings. The van der Waals surface area contributed by atoms with Crippen LogP contribution in [0.15, 0.2) is 18.3 Å². The number of likely N-dealkylation sites (tertiary alicyclic amines) is 1. The fourth-order valence-corrected chi connectivity index (χ4v) is 4.24. The zero-order chi connectivity index (χ0) is 15.0. The number of hydrogen-bond acceptors (Lipinski definition) is 5. The number of amides is 2. The molecule has 0 unspecified atom stereocenters. The molecule has 0 radical (unpaired) electrons. The van der Waals surface area contributed by atoms with Gasteiger partial charge in [0.1, 0.15) is 9.88 Å². The summed E-state index contributed by atoms with van der Waals surface area (Å²) in [5.41, 5.74) is 5.28. The van der Waals surface area contributed by atoms with Crippen LogP contribution in [0.5, 0.6) is 0 Å². The highest BCUT2D eigenvalue weighted by atomic mass is 35.5. The zero-order valence-corrected chi connectivity index (χ0v) is 13.3. The minimum atomic E-state index is -0.344. The number of carbonyl (C=O) groups excluding carboxylic acids is 2. The Balaban J connectivity index is 1.74. The van der Waals surface area contributed by atoms with E-state index < -0.39 is 0 Å². The Bertz CT molecular complexity index is 697. The number of nitrogens with zero attached hydrogens (tertiary/aromatic N) is 2. The molecule has 3 heterocycles. The maximum Gasteiger partial charge on any atom is 0.265 e. The number of rotatable bonds is 3. The molecule has 0 spiro atoms. The van der Waals surface area contributed by atoms with E-state index in [1.807, 2.05) is 12.1 Å². The second kappa shape index (κ2) is 5.75. The average molecular weight is 342 g/mol. The molecule has 0 saturated carbocycles. The first-order valence-corrected chi connectivity index (χ1v) is 8.36. The maximum absolute atomic E-state index is 12.4. The van der Waals surface area contributed by atoms with E-state index in [0.29, 0.717) is 28.7 Å². The second-order valence-corrected chi connectivity index (χ2v) is 7.52. The molecule has 1 fully saturated rings. The first-order valence-electron chi connectivity index (χ1n) is 6.34. The Morgan fingerprint density at radius 3 is 2.81 bits per heavy atom. The number of hydrogen-bond donors (Lipinski definition) is 1. The largest absolute Gasteiger partial charge is 0.369 e. The van der Waals surface area contributed by atoms with Crippen molar-refractivity contribution < 1.29 is 9.59 Å². The minimum Gasteiger partial charge on any atom is -0.369 e. The third-order valence-corrected chi connectivity index (χ3v) is 5.76. The van der Waals surface area contributed by atoms with Crippen LogP contribution < -0.4 is 5.73 Å². The van der Waals surface area contributed by atoms with Crippen LogP contribution in [0, 0.1) is 5.92 Å². The third-order valence-electron chi connectivity index (χ3n) is 3.38. The second-order valence-electron chi connectivity index (χ2n) is 4.77. The minimum absolute atomic E-state index is 0.0925. The molecule has 110 valence electrons. The summed E-state index contributed by atoms with van der Waals surface area (Å²) in [7, 11) is 0. The fourth-order valence-electron chi connectivity index (χ4n) is 2.25.